The molecule has 30 heavy (non-hydrogen) atoms. The van der Waals surface area contributed by atoms with Crippen LogP contribution in [0.4, 0.5) is 28.6 Å². The van der Waals surface area contributed by atoms with E-state index in [9.17, 15) is 0 Å². The second-order valence-electron chi connectivity index (χ2n) is 7.40. The fourth-order valence-corrected chi connectivity index (χ4v) is 3.70. The minimum Gasteiger partial charge on any atom is -0.393 e. The largest absolute Gasteiger partial charge is 0.393 e. The summed E-state index contributed by atoms with van der Waals surface area (Å²) in [4.78, 5) is 13.0. The van der Waals surface area contributed by atoms with Crippen LogP contribution in [0, 0.1) is 0 Å². The Bertz CT molecular complexity index is 1010. The molecule has 1 aromatic heterocycles. The van der Waals surface area contributed by atoms with Gasteiger partial charge in [0.1, 0.15) is 12.0 Å². The van der Waals surface area contributed by atoms with E-state index in [-0.39, 0.29) is 5.15 Å². The Hall–Kier alpha value is -3.03. The van der Waals surface area contributed by atoms with Crippen molar-refractivity contribution in [2.75, 3.05) is 61.5 Å². The van der Waals surface area contributed by atoms with E-state index in [4.69, 9.17) is 17.3 Å². The summed E-state index contributed by atoms with van der Waals surface area (Å²) >= 11 is 6.10. The molecule has 2 aromatic carbocycles. The molecule has 156 valence electrons. The average molecular weight is 424 g/mol. The number of nitrogens with one attached hydrogen (secondary N) is 2. The molecule has 8 heteroatoms. The van der Waals surface area contributed by atoms with E-state index < -0.39 is 0 Å². The van der Waals surface area contributed by atoms with Crippen molar-refractivity contribution in [2.24, 2.45) is 0 Å². The van der Waals surface area contributed by atoms with Crippen LogP contribution < -0.4 is 21.3 Å². The number of aromatic nitrogens is 2. The number of anilines is 5. The van der Waals surface area contributed by atoms with Gasteiger partial charge in [0, 0.05) is 38.9 Å². The first-order valence-corrected chi connectivity index (χ1v) is 10.3. The summed E-state index contributed by atoms with van der Waals surface area (Å²) in [6, 6.07) is 14.8. The summed E-state index contributed by atoms with van der Waals surface area (Å²) in [6.07, 6.45) is 1.41. The van der Waals surface area contributed by atoms with E-state index in [2.05, 4.69) is 79.9 Å². The predicted octanol–water partition coefficient (Wildman–Crippen LogP) is 3.92. The van der Waals surface area contributed by atoms with Crippen molar-refractivity contribution in [1.82, 2.24) is 14.9 Å². The standard InChI is InChI=1S/C22H26ClN7/c1-25-17-6-3-15(4-7-17)16-5-8-19(30-11-9-29(2)10-12-30)18(13-16)28-22-20(24)21(23)26-14-27-22/h3-8,13-14,25H,9-12,24H2,1-2H3,(H,26,27,28). The number of halogens is 1. The van der Waals surface area contributed by atoms with Crippen LogP contribution >= 0.6 is 11.6 Å². The lowest BCUT2D eigenvalue weighted by Crippen LogP contribution is -2.44. The molecule has 0 spiro atoms. The lowest BCUT2D eigenvalue weighted by atomic mass is 10.0. The normalized spacial score (nSPS) is 14.6. The number of piperazine rings is 1. The molecule has 3 aromatic rings. The van der Waals surface area contributed by atoms with E-state index in [1.54, 1.807) is 0 Å². The van der Waals surface area contributed by atoms with E-state index in [0.717, 1.165) is 54.4 Å². The average Bonchev–Trinajstić information content (AvgIpc) is 2.78. The molecule has 1 aliphatic rings. The van der Waals surface area contributed by atoms with Gasteiger partial charge in [-0.25, -0.2) is 9.97 Å². The van der Waals surface area contributed by atoms with Crippen LogP contribution in [0.1, 0.15) is 0 Å². The highest BCUT2D eigenvalue weighted by Crippen LogP contribution is 2.36. The highest BCUT2D eigenvalue weighted by molar-refractivity contribution is 6.32. The monoisotopic (exact) mass is 423 g/mol. The van der Waals surface area contributed by atoms with E-state index in [0.29, 0.717) is 11.5 Å². The fourth-order valence-electron chi connectivity index (χ4n) is 3.57. The maximum Gasteiger partial charge on any atom is 0.158 e. The summed E-state index contributed by atoms with van der Waals surface area (Å²) in [5.74, 6) is 0.507. The molecule has 4 N–H and O–H groups in total. The molecular weight excluding hydrogens is 398 g/mol. The van der Waals surface area contributed by atoms with Crippen molar-refractivity contribution in [3.05, 3.63) is 53.9 Å². The fraction of sp³-hybridized carbons (Fsp3) is 0.273. The number of nitrogen functional groups attached to an aromatic ring is 1. The van der Waals surface area contributed by atoms with Crippen LogP contribution in [0.15, 0.2) is 48.8 Å². The Morgan fingerprint density at radius 2 is 1.67 bits per heavy atom. The van der Waals surface area contributed by atoms with Gasteiger partial charge in [-0.1, -0.05) is 29.8 Å². The number of hydrogen-bond acceptors (Lipinski definition) is 7. The van der Waals surface area contributed by atoms with Crippen molar-refractivity contribution in [3.8, 4) is 11.1 Å². The minimum absolute atomic E-state index is 0.243. The second-order valence-corrected chi connectivity index (χ2v) is 7.76. The summed E-state index contributed by atoms with van der Waals surface area (Å²) in [7, 11) is 4.07. The molecule has 1 fully saturated rings. The van der Waals surface area contributed by atoms with Gasteiger partial charge in [0.25, 0.3) is 0 Å². The van der Waals surface area contributed by atoms with Gasteiger partial charge < -0.3 is 26.2 Å². The Morgan fingerprint density at radius 1 is 0.967 bits per heavy atom. The van der Waals surface area contributed by atoms with Crippen LogP contribution in [0.5, 0.6) is 0 Å². The Kier molecular flexibility index (Phi) is 5.92. The number of likely N-dealkylation sites (N-methyl/N-ethyl adjacent to an activating group) is 1. The molecule has 7 nitrogen and oxygen atoms in total. The van der Waals surface area contributed by atoms with Crippen LogP contribution in [-0.2, 0) is 0 Å². The zero-order valence-electron chi connectivity index (χ0n) is 17.2. The van der Waals surface area contributed by atoms with Crippen molar-refractivity contribution >= 4 is 40.2 Å². The quantitative estimate of drug-likeness (QED) is 0.536. The van der Waals surface area contributed by atoms with Crippen LogP contribution in [-0.4, -0.2) is 55.1 Å². The SMILES string of the molecule is CNc1ccc(-c2ccc(N3CCN(C)CC3)c(Nc3ncnc(Cl)c3N)c2)cc1. The van der Waals surface area contributed by atoms with Crippen LogP contribution in [0.25, 0.3) is 11.1 Å². The molecule has 0 aliphatic carbocycles. The van der Waals surface area contributed by atoms with Gasteiger partial charge in [-0.15, -0.1) is 0 Å². The summed E-state index contributed by atoms with van der Waals surface area (Å²) < 4.78 is 0. The highest BCUT2D eigenvalue weighted by Gasteiger charge is 2.19. The molecule has 0 atom stereocenters. The Balaban J connectivity index is 1.73. The zero-order chi connectivity index (χ0) is 21.1. The number of benzene rings is 2. The lowest BCUT2D eigenvalue weighted by Gasteiger charge is -2.35. The summed E-state index contributed by atoms with van der Waals surface area (Å²) in [5, 5.41) is 6.79. The van der Waals surface area contributed by atoms with Crippen LogP contribution in [0.3, 0.4) is 0 Å². The number of nitrogens with zero attached hydrogens (tertiary/aromatic N) is 4. The van der Waals surface area contributed by atoms with Crippen molar-refractivity contribution in [1.29, 1.82) is 0 Å². The summed E-state index contributed by atoms with van der Waals surface area (Å²) in [6.45, 7) is 3.96. The minimum atomic E-state index is 0.243. The Labute approximate surface area is 181 Å². The maximum absolute atomic E-state index is 6.11. The first-order chi connectivity index (χ1) is 14.5. The number of rotatable bonds is 5. The van der Waals surface area contributed by atoms with Gasteiger partial charge >= 0.3 is 0 Å². The van der Waals surface area contributed by atoms with Gasteiger partial charge in [-0.2, -0.15) is 0 Å². The third-order valence-corrected chi connectivity index (χ3v) is 5.74. The first kappa shape index (κ1) is 20.3. The van der Waals surface area contributed by atoms with Gasteiger partial charge in [-0.3, -0.25) is 0 Å². The molecule has 4 rings (SSSR count). The van der Waals surface area contributed by atoms with Crippen molar-refractivity contribution < 1.29 is 0 Å². The van der Waals surface area contributed by atoms with E-state index in [1.807, 2.05) is 7.05 Å². The number of nitrogens with two attached hydrogens (primary N) is 1. The molecular formula is C22H26ClN7. The molecule has 1 saturated heterocycles. The van der Waals surface area contributed by atoms with Gasteiger partial charge in [0.15, 0.2) is 11.0 Å². The van der Waals surface area contributed by atoms with E-state index >= 15 is 0 Å². The van der Waals surface area contributed by atoms with Gasteiger partial charge in [-0.05, 0) is 42.4 Å². The topological polar surface area (TPSA) is 82.3 Å². The molecule has 0 unspecified atom stereocenters. The first-order valence-electron chi connectivity index (χ1n) is 9.94. The second kappa shape index (κ2) is 8.77. The number of hydrogen-bond donors (Lipinski definition) is 3. The third-order valence-electron chi connectivity index (χ3n) is 5.44. The smallest absolute Gasteiger partial charge is 0.158 e. The zero-order valence-corrected chi connectivity index (χ0v) is 17.9. The third kappa shape index (κ3) is 4.27. The maximum atomic E-state index is 6.11. The van der Waals surface area contributed by atoms with Crippen molar-refractivity contribution in [2.45, 2.75) is 0 Å². The molecule has 1 aliphatic heterocycles. The van der Waals surface area contributed by atoms with Crippen LogP contribution in [0.2, 0.25) is 5.15 Å². The predicted molar refractivity (Wildman–Crippen MR) is 126 cm³/mol. The van der Waals surface area contributed by atoms with Crippen molar-refractivity contribution in [3.63, 3.8) is 0 Å². The molecule has 0 radical (unpaired) electrons. The Morgan fingerprint density at radius 3 is 2.37 bits per heavy atom. The van der Waals surface area contributed by atoms with Gasteiger partial charge in [0.2, 0.25) is 0 Å². The molecule has 2 heterocycles. The lowest BCUT2D eigenvalue weighted by molar-refractivity contribution is 0.313. The molecule has 0 amide bonds. The summed E-state index contributed by atoms with van der Waals surface area (Å²) in [5.41, 5.74) is 11.8. The molecule has 0 bridgehead atoms. The van der Waals surface area contributed by atoms with E-state index in [1.165, 1.54) is 6.33 Å². The highest BCUT2D eigenvalue weighted by atomic mass is 35.5. The molecule has 0 saturated carbocycles. The van der Waals surface area contributed by atoms with Gasteiger partial charge in [0.05, 0.1) is 11.4 Å².